The molecule has 0 unspecified atom stereocenters. The molecule has 0 heterocycles. The van der Waals surface area contributed by atoms with Gasteiger partial charge in [-0.1, -0.05) is 12.1 Å². The zero-order valence-corrected chi connectivity index (χ0v) is 10.8. The molecule has 0 aromatic heterocycles. The zero-order valence-electron chi connectivity index (χ0n) is 9.18. The summed E-state index contributed by atoms with van der Waals surface area (Å²) in [6, 6.07) is 8.10. The Bertz CT molecular complexity index is 572. The van der Waals surface area contributed by atoms with Crippen LogP contribution in [0.15, 0.2) is 40.9 Å². The first-order valence-corrected chi connectivity index (χ1v) is 5.99. The maximum absolute atomic E-state index is 13.4. The average Bonchev–Trinajstić information content (AvgIpc) is 2.33. The lowest BCUT2D eigenvalue weighted by Crippen LogP contribution is -2.03. The molecule has 0 saturated carbocycles. The van der Waals surface area contributed by atoms with Crippen molar-refractivity contribution < 1.29 is 13.2 Å². The van der Waals surface area contributed by atoms with Crippen LogP contribution in [-0.2, 0) is 6.54 Å². The van der Waals surface area contributed by atoms with Gasteiger partial charge in [0.25, 0.3) is 0 Å². The topological polar surface area (TPSA) is 12.0 Å². The number of rotatable bonds is 3. The van der Waals surface area contributed by atoms with Crippen molar-refractivity contribution in [3.8, 4) is 0 Å². The SMILES string of the molecule is Fc1ccc(NCc2cccc(F)c2F)c(Br)c1. The van der Waals surface area contributed by atoms with Crippen molar-refractivity contribution in [2.45, 2.75) is 6.54 Å². The number of hydrogen-bond acceptors (Lipinski definition) is 1. The normalized spacial score (nSPS) is 10.4. The molecule has 2 aromatic carbocycles. The van der Waals surface area contributed by atoms with E-state index in [1.54, 1.807) is 0 Å². The Morgan fingerprint density at radius 3 is 2.56 bits per heavy atom. The van der Waals surface area contributed by atoms with Crippen LogP contribution in [-0.4, -0.2) is 0 Å². The average molecular weight is 316 g/mol. The third kappa shape index (κ3) is 2.85. The van der Waals surface area contributed by atoms with Crippen molar-refractivity contribution in [3.63, 3.8) is 0 Å². The van der Waals surface area contributed by atoms with Gasteiger partial charge in [-0.15, -0.1) is 0 Å². The summed E-state index contributed by atoms with van der Waals surface area (Å²) in [7, 11) is 0. The van der Waals surface area contributed by atoms with Crippen molar-refractivity contribution in [3.05, 3.63) is 63.9 Å². The number of halogens is 4. The maximum atomic E-state index is 13.4. The number of nitrogens with one attached hydrogen (secondary N) is 1. The standard InChI is InChI=1S/C13H9BrF3N/c14-10-6-9(15)4-5-12(10)18-7-8-2-1-3-11(16)13(8)17/h1-6,18H,7H2. The fourth-order valence-electron chi connectivity index (χ4n) is 1.51. The lowest BCUT2D eigenvalue weighted by atomic mass is 10.2. The summed E-state index contributed by atoms with van der Waals surface area (Å²) in [4.78, 5) is 0. The summed E-state index contributed by atoms with van der Waals surface area (Å²) in [6.07, 6.45) is 0. The lowest BCUT2D eigenvalue weighted by Gasteiger charge is -2.09. The molecule has 0 aliphatic heterocycles. The summed E-state index contributed by atoms with van der Waals surface area (Å²) < 4.78 is 39.7. The van der Waals surface area contributed by atoms with Crippen molar-refractivity contribution in [1.82, 2.24) is 0 Å². The predicted molar refractivity (Wildman–Crippen MR) is 67.8 cm³/mol. The molecule has 0 radical (unpaired) electrons. The maximum Gasteiger partial charge on any atom is 0.163 e. The summed E-state index contributed by atoms with van der Waals surface area (Å²) in [5, 5.41) is 2.90. The molecule has 0 amide bonds. The second kappa shape index (κ2) is 5.44. The second-order valence-corrected chi connectivity index (χ2v) is 4.55. The fourth-order valence-corrected chi connectivity index (χ4v) is 2.00. The summed E-state index contributed by atoms with van der Waals surface area (Å²) in [6.45, 7) is 0.119. The lowest BCUT2D eigenvalue weighted by molar-refractivity contribution is 0.500. The molecule has 0 bridgehead atoms. The van der Waals surface area contributed by atoms with Gasteiger partial charge in [-0.3, -0.25) is 0 Å². The van der Waals surface area contributed by atoms with E-state index in [9.17, 15) is 13.2 Å². The Hall–Kier alpha value is -1.49. The Morgan fingerprint density at radius 2 is 1.83 bits per heavy atom. The van der Waals surface area contributed by atoms with Crippen LogP contribution in [0.25, 0.3) is 0 Å². The van der Waals surface area contributed by atoms with Gasteiger partial charge in [-0.05, 0) is 40.2 Å². The first-order valence-electron chi connectivity index (χ1n) is 5.20. The zero-order chi connectivity index (χ0) is 13.1. The van der Waals surface area contributed by atoms with Gasteiger partial charge in [0.05, 0.1) is 0 Å². The van der Waals surface area contributed by atoms with Crippen molar-refractivity contribution in [2.75, 3.05) is 5.32 Å². The van der Waals surface area contributed by atoms with Crippen LogP contribution in [0.5, 0.6) is 0 Å². The van der Waals surface area contributed by atoms with E-state index in [1.807, 2.05) is 0 Å². The third-order valence-corrected chi connectivity index (χ3v) is 3.09. The first kappa shape index (κ1) is 13.0. The van der Waals surface area contributed by atoms with Gasteiger partial charge in [0.15, 0.2) is 11.6 Å². The smallest absolute Gasteiger partial charge is 0.163 e. The monoisotopic (exact) mass is 315 g/mol. The molecule has 2 rings (SSSR count). The van der Waals surface area contributed by atoms with Gasteiger partial charge in [0.2, 0.25) is 0 Å². The van der Waals surface area contributed by atoms with E-state index < -0.39 is 11.6 Å². The summed E-state index contributed by atoms with van der Waals surface area (Å²) in [5.41, 5.74) is 0.825. The van der Waals surface area contributed by atoms with Crippen molar-refractivity contribution in [1.29, 1.82) is 0 Å². The molecule has 1 nitrogen and oxygen atoms in total. The van der Waals surface area contributed by atoms with E-state index in [2.05, 4.69) is 21.2 Å². The highest BCUT2D eigenvalue weighted by Crippen LogP contribution is 2.24. The Morgan fingerprint density at radius 1 is 1.06 bits per heavy atom. The molecule has 0 spiro atoms. The van der Waals surface area contributed by atoms with Crippen molar-refractivity contribution in [2.24, 2.45) is 0 Å². The summed E-state index contributed by atoms with van der Waals surface area (Å²) in [5.74, 6) is -2.12. The van der Waals surface area contributed by atoms with Gasteiger partial charge >= 0.3 is 0 Å². The molecule has 0 fully saturated rings. The molecule has 0 saturated heterocycles. The first-order chi connectivity index (χ1) is 8.58. The molecular weight excluding hydrogens is 307 g/mol. The van der Waals surface area contributed by atoms with E-state index >= 15 is 0 Å². The van der Waals surface area contributed by atoms with E-state index in [4.69, 9.17) is 0 Å². The highest BCUT2D eigenvalue weighted by molar-refractivity contribution is 9.10. The van der Waals surface area contributed by atoms with Crippen LogP contribution in [0.1, 0.15) is 5.56 Å². The quantitative estimate of drug-likeness (QED) is 0.880. The van der Waals surface area contributed by atoms with Crippen LogP contribution < -0.4 is 5.32 Å². The summed E-state index contributed by atoms with van der Waals surface area (Å²) >= 11 is 3.18. The minimum atomic E-state index is -0.882. The highest BCUT2D eigenvalue weighted by Gasteiger charge is 2.08. The Balaban J connectivity index is 2.14. The molecule has 5 heteroatoms. The van der Waals surface area contributed by atoms with E-state index in [-0.39, 0.29) is 17.9 Å². The van der Waals surface area contributed by atoms with Crippen LogP contribution in [0.4, 0.5) is 18.9 Å². The van der Waals surface area contributed by atoms with Crippen LogP contribution >= 0.6 is 15.9 Å². The molecule has 94 valence electrons. The molecule has 0 atom stereocenters. The molecule has 1 N–H and O–H groups in total. The van der Waals surface area contributed by atoms with Gasteiger partial charge in [0, 0.05) is 22.3 Å². The van der Waals surface area contributed by atoms with Gasteiger partial charge in [-0.25, -0.2) is 13.2 Å². The molecular formula is C13H9BrF3N. The van der Waals surface area contributed by atoms with E-state index in [0.29, 0.717) is 10.2 Å². The fraction of sp³-hybridized carbons (Fsp3) is 0.0769. The Kier molecular flexibility index (Phi) is 3.91. The Labute approximate surface area is 111 Å². The van der Waals surface area contributed by atoms with Gasteiger partial charge in [0.1, 0.15) is 5.82 Å². The largest absolute Gasteiger partial charge is 0.380 e. The minimum absolute atomic E-state index is 0.119. The van der Waals surface area contributed by atoms with E-state index in [1.165, 1.54) is 30.3 Å². The van der Waals surface area contributed by atoms with Crippen LogP contribution in [0.2, 0.25) is 0 Å². The number of anilines is 1. The predicted octanol–water partition coefficient (Wildman–Crippen LogP) is 4.48. The molecule has 0 aliphatic carbocycles. The molecule has 18 heavy (non-hydrogen) atoms. The van der Waals surface area contributed by atoms with Gasteiger partial charge in [-0.2, -0.15) is 0 Å². The molecule has 2 aromatic rings. The van der Waals surface area contributed by atoms with E-state index in [0.717, 1.165) is 6.07 Å². The second-order valence-electron chi connectivity index (χ2n) is 3.69. The highest BCUT2D eigenvalue weighted by atomic mass is 79.9. The minimum Gasteiger partial charge on any atom is -0.380 e. The third-order valence-electron chi connectivity index (χ3n) is 2.43. The van der Waals surface area contributed by atoms with Crippen LogP contribution in [0.3, 0.4) is 0 Å². The van der Waals surface area contributed by atoms with Crippen LogP contribution in [0, 0.1) is 17.5 Å². The van der Waals surface area contributed by atoms with Gasteiger partial charge < -0.3 is 5.32 Å². The molecule has 0 aliphatic rings. The number of benzene rings is 2. The number of hydrogen-bond donors (Lipinski definition) is 1. The van der Waals surface area contributed by atoms with Crippen molar-refractivity contribution >= 4 is 21.6 Å².